The molecule has 9 heteroatoms. The van der Waals surface area contributed by atoms with Crippen molar-refractivity contribution >= 4 is 148 Å². The normalized spacial score (nSPS) is 16.6. The van der Waals surface area contributed by atoms with Gasteiger partial charge >= 0.3 is 0 Å². The van der Waals surface area contributed by atoms with Crippen LogP contribution in [0.5, 0.6) is 0 Å². The number of hydrogen-bond acceptors (Lipinski definition) is 7. The van der Waals surface area contributed by atoms with Crippen molar-refractivity contribution in [2.24, 2.45) is 0 Å². The third kappa shape index (κ3) is 6.21. The summed E-state index contributed by atoms with van der Waals surface area (Å²) in [7, 11) is 0. The highest BCUT2D eigenvalue weighted by molar-refractivity contribution is 7.01. The molecule has 8 aliphatic rings. The van der Waals surface area contributed by atoms with E-state index in [0.29, 0.717) is 0 Å². The molecule has 0 spiro atoms. The third-order valence-electron chi connectivity index (χ3n) is 19.7. The minimum absolute atomic E-state index is 0.0215. The fraction of sp³-hybridized carbons (Fsp3) is 0.167. The number of benzene rings is 10. The van der Waals surface area contributed by atoms with Crippen molar-refractivity contribution in [1.29, 1.82) is 0 Å². The number of rotatable bonds is 4. The molecule has 81 heavy (non-hydrogen) atoms. The zero-order valence-corrected chi connectivity index (χ0v) is 45.2. The Morgan fingerprint density at radius 1 is 0.296 bits per heavy atom. The molecule has 0 N–H and O–H groups in total. The highest BCUT2D eigenvalue weighted by Crippen LogP contribution is 2.51. The molecule has 386 valence electrons. The van der Waals surface area contributed by atoms with E-state index in [1.54, 1.807) is 0 Å². The molecule has 0 fully saturated rings. The SMILES string of the molecule is c1ccc(N2c3cc4oc5cc6c(cc5c4cc3B3c4cccc5c4N(CCC5)c4cc(N5CCCc7ccccc75)cc2c43)B2c3cccc4c3N(CCC4)c3cc(N4CCCc5ccccc54)cc(c32)N6c2ccccc2)cc1. The van der Waals surface area contributed by atoms with Crippen molar-refractivity contribution < 1.29 is 4.42 Å². The van der Waals surface area contributed by atoms with Crippen LogP contribution < -0.4 is 62.2 Å². The Kier molecular flexibility index (Phi) is 9.25. The van der Waals surface area contributed by atoms with Gasteiger partial charge in [0.2, 0.25) is 0 Å². The molecule has 1 aromatic heterocycles. The van der Waals surface area contributed by atoms with Crippen LogP contribution in [0.1, 0.15) is 47.9 Å². The Balaban J connectivity index is 0.872. The first-order chi connectivity index (χ1) is 40.2. The summed E-state index contributed by atoms with van der Waals surface area (Å²) >= 11 is 0. The fourth-order valence-electron chi connectivity index (χ4n) is 16.5. The van der Waals surface area contributed by atoms with Gasteiger partial charge in [0, 0.05) is 129 Å². The van der Waals surface area contributed by atoms with Crippen molar-refractivity contribution in [1.82, 2.24) is 0 Å². The minimum atomic E-state index is 0.0215. The molecule has 0 saturated heterocycles. The minimum Gasteiger partial charge on any atom is -0.456 e. The van der Waals surface area contributed by atoms with Crippen LogP contribution in [0.3, 0.4) is 0 Å². The van der Waals surface area contributed by atoms with Gasteiger partial charge in [-0.1, -0.05) is 121 Å². The molecular weight excluding hydrogens is 986 g/mol. The predicted molar refractivity (Wildman–Crippen MR) is 339 cm³/mol. The molecule has 7 nitrogen and oxygen atoms in total. The van der Waals surface area contributed by atoms with Gasteiger partial charge in [0.15, 0.2) is 0 Å². The molecular formula is C72H56B2N6O. The number of para-hydroxylation sites is 6. The molecule has 0 amide bonds. The highest BCUT2D eigenvalue weighted by atomic mass is 16.3. The summed E-state index contributed by atoms with van der Waals surface area (Å²) in [6.07, 6.45) is 8.91. The van der Waals surface area contributed by atoms with Crippen LogP contribution >= 0.6 is 0 Å². The molecule has 0 radical (unpaired) electrons. The number of aryl methyl sites for hydroxylation is 4. The van der Waals surface area contributed by atoms with E-state index < -0.39 is 0 Å². The van der Waals surface area contributed by atoms with Crippen molar-refractivity contribution in [2.45, 2.75) is 51.4 Å². The van der Waals surface area contributed by atoms with Crippen LogP contribution in [-0.2, 0) is 25.7 Å². The number of hydrogen-bond donors (Lipinski definition) is 0. The molecule has 19 rings (SSSR count). The van der Waals surface area contributed by atoms with Crippen LogP contribution in [0.15, 0.2) is 199 Å². The van der Waals surface area contributed by atoms with E-state index in [4.69, 9.17) is 4.42 Å². The highest BCUT2D eigenvalue weighted by Gasteiger charge is 2.48. The molecule has 0 saturated carbocycles. The van der Waals surface area contributed by atoms with Gasteiger partial charge in [-0.2, -0.15) is 0 Å². The lowest BCUT2D eigenvalue weighted by Crippen LogP contribution is -2.62. The van der Waals surface area contributed by atoms with Gasteiger partial charge in [0.25, 0.3) is 13.4 Å². The largest absolute Gasteiger partial charge is 0.456 e. The number of anilines is 14. The van der Waals surface area contributed by atoms with Gasteiger partial charge in [0.05, 0.1) is 0 Å². The van der Waals surface area contributed by atoms with E-state index in [2.05, 4.69) is 224 Å². The van der Waals surface area contributed by atoms with E-state index in [1.807, 2.05) is 0 Å². The summed E-state index contributed by atoms with van der Waals surface area (Å²) in [5.74, 6) is 0. The van der Waals surface area contributed by atoms with E-state index in [-0.39, 0.29) is 13.4 Å². The number of furan rings is 1. The van der Waals surface area contributed by atoms with E-state index >= 15 is 0 Å². The zero-order valence-electron chi connectivity index (χ0n) is 45.2. The van der Waals surface area contributed by atoms with Gasteiger partial charge in [-0.3, -0.25) is 0 Å². The number of nitrogens with zero attached hydrogens (tertiary/aromatic N) is 6. The maximum atomic E-state index is 7.44. The van der Waals surface area contributed by atoms with E-state index in [0.717, 1.165) is 100 Å². The van der Waals surface area contributed by atoms with Gasteiger partial charge in [-0.05, 0) is 167 Å². The summed E-state index contributed by atoms with van der Waals surface area (Å²) in [5.41, 5.74) is 33.7. The second-order valence-electron chi connectivity index (χ2n) is 23.9. The lowest BCUT2D eigenvalue weighted by Gasteiger charge is -2.47. The molecule has 0 bridgehead atoms. The second kappa shape index (κ2) is 16.7. The number of fused-ring (bicyclic) bond motifs is 13. The van der Waals surface area contributed by atoms with Crippen LogP contribution in [0.4, 0.5) is 79.6 Å². The maximum absolute atomic E-state index is 7.44. The molecule has 0 atom stereocenters. The Bertz CT molecular complexity index is 4230. The average Bonchev–Trinajstić information content (AvgIpc) is 4.11. The summed E-state index contributed by atoms with van der Waals surface area (Å²) in [6.45, 7) is 4.02. The molecule has 0 aliphatic carbocycles. The first-order valence-corrected chi connectivity index (χ1v) is 29.8. The molecule has 9 heterocycles. The Morgan fingerprint density at radius 3 is 1.16 bits per heavy atom. The monoisotopic (exact) mass is 1040 g/mol. The van der Waals surface area contributed by atoms with Gasteiger partial charge in [-0.15, -0.1) is 0 Å². The van der Waals surface area contributed by atoms with E-state index in [9.17, 15) is 0 Å². The summed E-state index contributed by atoms with van der Waals surface area (Å²) in [6, 6.07) is 74.7. The Labute approximate surface area is 473 Å². The molecule has 8 aliphatic heterocycles. The average molecular weight is 1040 g/mol. The van der Waals surface area contributed by atoms with Crippen LogP contribution in [0, 0.1) is 0 Å². The van der Waals surface area contributed by atoms with Crippen molar-refractivity contribution in [3.05, 3.63) is 216 Å². The Morgan fingerprint density at radius 2 is 0.691 bits per heavy atom. The Hall–Kier alpha value is -9.07. The van der Waals surface area contributed by atoms with Crippen molar-refractivity contribution in [2.75, 3.05) is 55.6 Å². The van der Waals surface area contributed by atoms with Crippen molar-refractivity contribution in [3.63, 3.8) is 0 Å². The van der Waals surface area contributed by atoms with Crippen molar-refractivity contribution in [3.8, 4) is 0 Å². The van der Waals surface area contributed by atoms with Crippen LogP contribution in [0.25, 0.3) is 21.9 Å². The van der Waals surface area contributed by atoms with E-state index in [1.165, 1.54) is 134 Å². The first-order valence-electron chi connectivity index (χ1n) is 29.8. The smallest absolute Gasteiger partial charge is 0.252 e. The summed E-state index contributed by atoms with van der Waals surface area (Å²) < 4.78 is 7.44. The van der Waals surface area contributed by atoms with Gasteiger partial charge < -0.3 is 33.8 Å². The summed E-state index contributed by atoms with van der Waals surface area (Å²) in [4.78, 5) is 15.7. The summed E-state index contributed by atoms with van der Waals surface area (Å²) in [5, 5.41) is 2.34. The molecule has 0 unspecified atom stereocenters. The van der Waals surface area contributed by atoms with Crippen LogP contribution in [0.2, 0.25) is 0 Å². The molecule has 10 aromatic carbocycles. The second-order valence-corrected chi connectivity index (χ2v) is 23.9. The van der Waals surface area contributed by atoms with Gasteiger partial charge in [-0.25, -0.2) is 0 Å². The first kappa shape index (κ1) is 44.7. The predicted octanol–water partition coefficient (Wildman–Crippen LogP) is 13.1. The fourth-order valence-corrected chi connectivity index (χ4v) is 16.5. The van der Waals surface area contributed by atoms with Gasteiger partial charge in [0.1, 0.15) is 11.2 Å². The molecule has 11 aromatic rings. The topological polar surface area (TPSA) is 32.6 Å². The maximum Gasteiger partial charge on any atom is 0.252 e. The lowest BCUT2D eigenvalue weighted by molar-refractivity contribution is 0.669. The zero-order chi connectivity index (χ0) is 52.6. The quantitative estimate of drug-likeness (QED) is 0.162. The third-order valence-corrected chi connectivity index (χ3v) is 19.7. The lowest BCUT2D eigenvalue weighted by atomic mass is 9.33. The van der Waals surface area contributed by atoms with Crippen LogP contribution in [-0.4, -0.2) is 39.6 Å². The standard InChI is InChI=1S/C72H56B2N6O/c1-3-25-49(26-4-1)79-61-43-67-53(41-57(61)73-55-29-11-19-47-23-15-35-77(71(47)55)63-37-51(39-65(79)69(63)73)75-33-13-21-45-17-7-9-31-59(45)75)54-42-58-62(44-68(54)81-67)80(50-27-5-2-6-28-50)66-40-52(76-34-14-22-46-18-8-10-32-60(46)76)38-64-70(66)74(58)56-30-12-20-48-24-16-36-78(64)72(48)56/h1-12,17-20,25-32,37-44H,13-16,21-24,33-36H2.